The van der Waals surface area contributed by atoms with Gasteiger partial charge in [0.25, 0.3) is 0 Å². The van der Waals surface area contributed by atoms with Gasteiger partial charge in [-0.1, -0.05) is 20.3 Å². The second-order valence-corrected chi connectivity index (χ2v) is 6.05. The maximum absolute atomic E-state index is 3.65. The van der Waals surface area contributed by atoms with Gasteiger partial charge in [-0.15, -0.1) is 0 Å². The first-order valence-electron chi connectivity index (χ1n) is 7.12. The molecule has 0 spiro atoms. The van der Waals surface area contributed by atoms with Crippen LogP contribution in [0.2, 0.25) is 0 Å². The third-order valence-electron chi connectivity index (χ3n) is 4.49. The summed E-state index contributed by atoms with van der Waals surface area (Å²) in [5, 5.41) is 3.65. The summed E-state index contributed by atoms with van der Waals surface area (Å²) in [5.74, 6) is 2.90. The van der Waals surface area contributed by atoms with E-state index in [1.807, 2.05) is 0 Å². The molecule has 0 aromatic heterocycles. The molecule has 0 aromatic carbocycles. The highest BCUT2D eigenvalue weighted by Crippen LogP contribution is 2.38. The van der Waals surface area contributed by atoms with Crippen molar-refractivity contribution in [3.63, 3.8) is 0 Å². The number of nitrogens with one attached hydrogen (secondary N) is 1. The third-order valence-corrected chi connectivity index (χ3v) is 4.49. The molecule has 94 valence electrons. The first kappa shape index (κ1) is 12.4. The molecule has 4 atom stereocenters. The molecule has 4 unspecified atom stereocenters. The van der Waals surface area contributed by atoms with Crippen LogP contribution in [0.3, 0.4) is 0 Å². The fraction of sp³-hybridized carbons (Fsp3) is 1.00. The van der Waals surface area contributed by atoms with E-state index in [-0.39, 0.29) is 0 Å². The van der Waals surface area contributed by atoms with Gasteiger partial charge in [-0.25, -0.2) is 0 Å². The number of nitrogens with zero attached hydrogens (tertiary/aromatic N) is 1. The number of hydrogen-bond donors (Lipinski definition) is 1. The van der Waals surface area contributed by atoms with Gasteiger partial charge >= 0.3 is 0 Å². The molecule has 2 fully saturated rings. The van der Waals surface area contributed by atoms with Gasteiger partial charge in [0.05, 0.1) is 0 Å². The SMILES string of the molecule is CCNC1CCCC1CN(C)CC1CC1C. The van der Waals surface area contributed by atoms with Crippen LogP contribution in [0.5, 0.6) is 0 Å². The molecule has 0 saturated heterocycles. The van der Waals surface area contributed by atoms with Gasteiger partial charge in [-0.2, -0.15) is 0 Å². The zero-order valence-electron chi connectivity index (χ0n) is 11.2. The van der Waals surface area contributed by atoms with Crippen LogP contribution >= 0.6 is 0 Å². The van der Waals surface area contributed by atoms with Crippen molar-refractivity contribution in [2.24, 2.45) is 17.8 Å². The lowest BCUT2D eigenvalue weighted by atomic mass is 10.0. The molecule has 2 rings (SSSR count). The van der Waals surface area contributed by atoms with Crippen molar-refractivity contribution in [1.82, 2.24) is 10.2 Å². The zero-order chi connectivity index (χ0) is 11.5. The van der Waals surface area contributed by atoms with E-state index in [1.54, 1.807) is 0 Å². The lowest BCUT2D eigenvalue weighted by molar-refractivity contribution is 0.242. The molecular weight excluding hydrogens is 196 g/mol. The highest BCUT2D eigenvalue weighted by Gasteiger charge is 2.34. The van der Waals surface area contributed by atoms with Crippen molar-refractivity contribution in [2.45, 2.75) is 45.6 Å². The molecule has 2 saturated carbocycles. The first-order valence-corrected chi connectivity index (χ1v) is 7.12. The Hall–Kier alpha value is -0.0800. The van der Waals surface area contributed by atoms with Crippen LogP contribution < -0.4 is 5.32 Å². The molecule has 2 aliphatic rings. The lowest BCUT2D eigenvalue weighted by Crippen LogP contribution is -2.38. The molecule has 0 amide bonds. The van der Waals surface area contributed by atoms with Crippen LogP contribution in [0.15, 0.2) is 0 Å². The van der Waals surface area contributed by atoms with Crippen molar-refractivity contribution in [3.05, 3.63) is 0 Å². The molecular formula is C14H28N2. The largest absolute Gasteiger partial charge is 0.314 e. The van der Waals surface area contributed by atoms with Crippen LogP contribution in [-0.2, 0) is 0 Å². The van der Waals surface area contributed by atoms with Gasteiger partial charge < -0.3 is 10.2 Å². The fourth-order valence-corrected chi connectivity index (χ4v) is 3.31. The first-order chi connectivity index (χ1) is 7.70. The summed E-state index contributed by atoms with van der Waals surface area (Å²) >= 11 is 0. The zero-order valence-corrected chi connectivity index (χ0v) is 11.2. The van der Waals surface area contributed by atoms with E-state index in [0.29, 0.717) is 0 Å². The third kappa shape index (κ3) is 3.21. The number of hydrogen-bond acceptors (Lipinski definition) is 2. The van der Waals surface area contributed by atoms with Crippen LogP contribution in [0, 0.1) is 17.8 Å². The Kier molecular flexibility index (Phi) is 4.26. The van der Waals surface area contributed by atoms with Crippen molar-refractivity contribution >= 4 is 0 Å². The highest BCUT2D eigenvalue weighted by molar-refractivity contribution is 4.88. The van der Waals surface area contributed by atoms with E-state index in [1.165, 1.54) is 38.8 Å². The molecule has 2 aliphatic carbocycles. The maximum Gasteiger partial charge on any atom is 0.0107 e. The maximum atomic E-state index is 3.65. The fourth-order valence-electron chi connectivity index (χ4n) is 3.31. The summed E-state index contributed by atoms with van der Waals surface area (Å²) in [4.78, 5) is 2.58. The standard InChI is InChI=1S/C14H28N2/c1-4-15-14-7-5-6-12(14)9-16(3)10-13-8-11(13)2/h11-15H,4-10H2,1-3H3. The highest BCUT2D eigenvalue weighted by atomic mass is 15.1. The molecule has 0 bridgehead atoms. The number of rotatable bonds is 6. The van der Waals surface area contributed by atoms with E-state index in [9.17, 15) is 0 Å². The smallest absolute Gasteiger partial charge is 0.0107 e. The molecule has 2 heteroatoms. The van der Waals surface area contributed by atoms with E-state index in [4.69, 9.17) is 0 Å². The molecule has 2 nitrogen and oxygen atoms in total. The quantitative estimate of drug-likeness (QED) is 0.745. The molecule has 0 heterocycles. The topological polar surface area (TPSA) is 15.3 Å². The van der Waals surface area contributed by atoms with E-state index < -0.39 is 0 Å². The second kappa shape index (κ2) is 5.50. The molecule has 0 aromatic rings. The Balaban J connectivity index is 1.70. The Morgan fingerprint density at radius 3 is 2.50 bits per heavy atom. The Bertz CT molecular complexity index is 217. The summed E-state index contributed by atoms with van der Waals surface area (Å²) in [5.41, 5.74) is 0. The summed E-state index contributed by atoms with van der Waals surface area (Å²) in [7, 11) is 2.31. The van der Waals surface area contributed by atoms with Gasteiger partial charge in [-0.3, -0.25) is 0 Å². The second-order valence-electron chi connectivity index (χ2n) is 6.05. The van der Waals surface area contributed by atoms with Gasteiger partial charge in [-0.05, 0) is 50.6 Å². The van der Waals surface area contributed by atoms with E-state index in [0.717, 1.165) is 30.3 Å². The van der Waals surface area contributed by atoms with Crippen LogP contribution in [0.25, 0.3) is 0 Å². The predicted octanol–water partition coefficient (Wildman–Crippen LogP) is 2.35. The summed E-state index contributed by atoms with van der Waals surface area (Å²) in [6.45, 7) is 8.38. The predicted molar refractivity (Wildman–Crippen MR) is 69.6 cm³/mol. The average Bonchev–Trinajstić information content (AvgIpc) is 2.74. The van der Waals surface area contributed by atoms with Gasteiger partial charge in [0.1, 0.15) is 0 Å². The minimum absolute atomic E-state index is 0.795. The molecule has 1 N–H and O–H groups in total. The van der Waals surface area contributed by atoms with Crippen molar-refractivity contribution < 1.29 is 0 Å². The monoisotopic (exact) mass is 224 g/mol. The van der Waals surface area contributed by atoms with E-state index >= 15 is 0 Å². The molecule has 0 aliphatic heterocycles. The summed E-state index contributed by atoms with van der Waals surface area (Å²) < 4.78 is 0. The van der Waals surface area contributed by atoms with Gasteiger partial charge in [0.15, 0.2) is 0 Å². The van der Waals surface area contributed by atoms with E-state index in [2.05, 4.69) is 31.1 Å². The van der Waals surface area contributed by atoms with Crippen molar-refractivity contribution in [1.29, 1.82) is 0 Å². The van der Waals surface area contributed by atoms with Crippen LogP contribution in [0.4, 0.5) is 0 Å². The average molecular weight is 224 g/mol. The lowest BCUT2D eigenvalue weighted by Gasteiger charge is -2.26. The molecule has 16 heavy (non-hydrogen) atoms. The van der Waals surface area contributed by atoms with Gasteiger partial charge in [0, 0.05) is 19.1 Å². The summed E-state index contributed by atoms with van der Waals surface area (Å²) in [6.07, 6.45) is 5.72. The normalized spacial score (nSPS) is 38.2. The van der Waals surface area contributed by atoms with Crippen molar-refractivity contribution in [3.8, 4) is 0 Å². The molecule has 0 radical (unpaired) electrons. The van der Waals surface area contributed by atoms with Crippen LogP contribution in [-0.4, -0.2) is 37.6 Å². The Morgan fingerprint density at radius 2 is 1.88 bits per heavy atom. The minimum Gasteiger partial charge on any atom is -0.314 e. The summed E-state index contributed by atoms with van der Waals surface area (Å²) in [6, 6.07) is 0.795. The van der Waals surface area contributed by atoms with Crippen LogP contribution in [0.1, 0.15) is 39.5 Å². The van der Waals surface area contributed by atoms with Crippen molar-refractivity contribution in [2.75, 3.05) is 26.7 Å². The van der Waals surface area contributed by atoms with Gasteiger partial charge in [0.2, 0.25) is 0 Å². The minimum atomic E-state index is 0.795. The Labute approximate surface area is 101 Å². The Morgan fingerprint density at radius 1 is 1.19 bits per heavy atom.